The maximum Gasteiger partial charge on any atom is 0.435 e. The van der Waals surface area contributed by atoms with Gasteiger partial charge in [0.05, 0.1) is 22.3 Å². The monoisotopic (exact) mass is 546 g/mol. The lowest BCUT2D eigenvalue weighted by atomic mass is 9.85. The number of hydrogen-bond acceptors (Lipinski definition) is 5. The highest BCUT2D eigenvalue weighted by atomic mass is 35.5. The van der Waals surface area contributed by atoms with Gasteiger partial charge in [-0.05, 0) is 67.9 Å². The van der Waals surface area contributed by atoms with Crippen LogP contribution in [-0.4, -0.2) is 37.1 Å². The molecule has 1 fully saturated rings. The van der Waals surface area contributed by atoms with E-state index in [2.05, 4.69) is 10.5 Å². The summed E-state index contributed by atoms with van der Waals surface area (Å²) in [5.41, 5.74) is -0.932. The molecule has 0 spiro atoms. The van der Waals surface area contributed by atoms with Crippen molar-refractivity contribution < 1.29 is 27.5 Å². The lowest BCUT2D eigenvalue weighted by Crippen LogP contribution is -2.42. The predicted molar refractivity (Wildman–Crippen MR) is 129 cm³/mol. The Balaban J connectivity index is 1.46. The van der Waals surface area contributed by atoms with E-state index in [0.29, 0.717) is 35.7 Å². The molecular formula is C24H23Cl2F3N2O3S. The van der Waals surface area contributed by atoms with E-state index >= 15 is 0 Å². The summed E-state index contributed by atoms with van der Waals surface area (Å²) in [6.45, 7) is 1.11. The van der Waals surface area contributed by atoms with Crippen LogP contribution in [0, 0.1) is 0 Å². The molecule has 1 amide bonds. The maximum atomic E-state index is 14.4. The second-order valence-corrected chi connectivity index (χ2v) is 11.0. The highest BCUT2D eigenvalue weighted by Crippen LogP contribution is 2.51. The number of ether oxygens (including phenoxy) is 1. The van der Waals surface area contributed by atoms with Crippen molar-refractivity contribution in [2.75, 3.05) is 13.2 Å². The van der Waals surface area contributed by atoms with Crippen LogP contribution in [0.5, 0.6) is 0 Å². The van der Waals surface area contributed by atoms with Crippen LogP contribution in [0.3, 0.4) is 0 Å². The summed E-state index contributed by atoms with van der Waals surface area (Å²) in [5.74, 6) is -0.224. The third kappa shape index (κ3) is 4.68. The number of hydrogen-bond donors (Lipinski definition) is 1. The number of thiophene rings is 1. The van der Waals surface area contributed by atoms with E-state index in [1.807, 2.05) is 0 Å². The Morgan fingerprint density at radius 3 is 2.51 bits per heavy atom. The Labute approximate surface area is 214 Å². The highest BCUT2D eigenvalue weighted by Gasteiger charge is 2.62. The van der Waals surface area contributed by atoms with Crippen LogP contribution in [0.2, 0.25) is 10.0 Å². The number of oxime groups is 1. The number of halogens is 5. The van der Waals surface area contributed by atoms with Crippen molar-refractivity contribution in [2.24, 2.45) is 5.16 Å². The Morgan fingerprint density at radius 2 is 1.86 bits per heavy atom. The van der Waals surface area contributed by atoms with Gasteiger partial charge < -0.3 is 14.9 Å². The summed E-state index contributed by atoms with van der Waals surface area (Å²) in [6.07, 6.45) is -0.228. The van der Waals surface area contributed by atoms with E-state index < -0.39 is 18.2 Å². The highest BCUT2D eigenvalue weighted by molar-refractivity contribution is 7.16. The Bertz CT molecular complexity index is 1160. The fourth-order valence-electron chi connectivity index (χ4n) is 4.95. The first-order valence-electron chi connectivity index (χ1n) is 11.5. The largest absolute Gasteiger partial charge is 0.435 e. The fourth-order valence-corrected chi connectivity index (χ4v) is 6.77. The second-order valence-electron chi connectivity index (χ2n) is 9.06. The van der Waals surface area contributed by atoms with Crippen molar-refractivity contribution in [3.8, 4) is 0 Å². The number of carbonyl (C=O) groups is 1. The Hall–Kier alpha value is -1.81. The number of benzene rings is 1. The van der Waals surface area contributed by atoms with E-state index in [1.165, 1.54) is 29.5 Å². The van der Waals surface area contributed by atoms with Gasteiger partial charge in [-0.25, -0.2) is 0 Å². The van der Waals surface area contributed by atoms with Gasteiger partial charge in [0.1, 0.15) is 5.71 Å². The Morgan fingerprint density at radius 1 is 1.14 bits per heavy atom. The third-order valence-electron chi connectivity index (χ3n) is 6.72. The first-order chi connectivity index (χ1) is 16.7. The van der Waals surface area contributed by atoms with Crippen molar-refractivity contribution in [1.82, 2.24) is 5.32 Å². The van der Waals surface area contributed by atoms with Crippen LogP contribution in [0.1, 0.15) is 63.3 Å². The summed E-state index contributed by atoms with van der Waals surface area (Å²) in [5, 5.41) is 7.01. The second kappa shape index (κ2) is 9.57. The molecule has 11 heteroatoms. The molecule has 5 nitrogen and oxygen atoms in total. The summed E-state index contributed by atoms with van der Waals surface area (Å²) >= 11 is 13.2. The van der Waals surface area contributed by atoms with E-state index in [0.717, 1.165) is 36.8 Å². The molecule has 0 radical (unpaired) electrons. The number of carbonyl (C=O) groups excluding carboxylic acids is 1. The molecule has 1 N–H and O–H groups in total. The molecule has 2 atom stereocenters. The van der Waals surface area contributed by atoms with Gasteiger partial charge in [-0.15, -0.1) is 11.3 Å². The van der Waals surface area contributed by atoms with E-state index in [9.17, 15) is 18.0 Å². The van der Waals surface area contributed by atoms with E-state index in [-0.39, 0.29) is 33.3 Å². The minimum absolute atomic E-state index is 0.00117. The van der Waals surface area contributed by atoms with Gasteiger partial charge in [-0.1, -0.05) is 28.4 Å². The summed E-state index contributed by atoms with van der Waals surface area (Å²) < 4.78 is 48.8. The van der Waals surface area contributed by atoms with Gasteiger partial charge in [0.2, 0.25) is 0 Å². The first-order valence-corrected chi connectivity index (χ1v) is 13.1. The van der Waals surface area contributed by atoms with Gasteiger partial charge in [-0.3, -0.25) is 4.79 Å². The maximum absolute atomic E-state index is 14.4. The summed E-state index contributed by atoms with van der Waals surface area (Å²) in [6, 6.07) is 3.77. The molecule has 1 saturated heterocycles. The molecular weight excluding hydrogens is 524 g/mol. The smallest absolute Gasteiger partial charge is 0.376 e. The van der Waals surface area contributed by atoms with E-state index in [1.54, 1.807) is 0 Å². The number of alkyl halides is 3. The van der Waals surface area contributed by atoms with Crippen LogP contribution >= 0.6 is 34.5 Å². The van der Waals surface area contributed by atoms with Gasteiger partial charge in [0.25, 0.3) is 11.5 Å². The van der Waals surface area contributed by atoms with Gasteiger partial charge >= 0.3 is 6.18 Å². The molecule has 188 valence electrons. The molecule has 5 rings (SSSR count). The molecule has 0 bridgehead atoms. The lowest BCUT2D eigenvalue weighted by Gasteiger charge is -2.29. The molecule has 2 aromatic rings. The average molecular weight is 547 g/mol. The van der Waals surface area contributed by atoms with Crippen molar-refractivity contribution in [2.45, 2.75) is 62.8 Å². The van der Waals surface area contributed by atoms with Gasteiger partial charge in [-0.2, -0.15) is 13.2 Å². The lowest BCUT2D eigenvalue weighted by molar-refractivity contribution is -0.275. The molecule has 3 aliphatic rings. The molecule has 3 heterocycles. The van der Waals surface area contributed by atoms with Crippen LogP contribution in [0.25, 0.3) is 0 Å². The van der Waals surface area contributed by atoms with Crippen molar-refractivity contribution >= 4 is 46.2 Å². The normalized spacial score (nSPS) is 24.1. The van der Waals surface area contributed by atoms with Crippen LogP contribution in [0.4, 0.5) is 13.2 Å². The molecule has 0 saturated carbocycles. The zero-order valence-electron chi connectivity index (χ0n) is 18.6. The number of nitrogens with one attached hydrogen (secondary N) is 1. The van der Waals surface area contributed by atoms with E-state index in [4.69, 9.17) is 32.8 Å². The van der Waals surface area contributed by atoms with Crippen LogP contribution in [0.15, 0.2) is 23.4 Å². The first kappa shape index (κ1) is 24.9. The summed E-state index contributed by atoms with van der Waals surface area (Å²) in [4.78, 5) is 19.3. The molecule has 1 aliphatic carbocycles. The minimum Gasteiger partial charge on any atom is -0.376 e. The zero-order chi connectivity index (χ0) is 24.8. The molecule has 1 aromatic carbocycles. The minimum atomic E-state index is -4.77. The third-order valence-corrected chi connectivity index (χ3v) is 8.48. The molecule has 2 aliphatic heterocycles. The van der Waals surface area contributed by atoms with Gasteiger partial charge in [0, 0.05) is 28.8 Å². The number of nitrogens with zero attached hydrogens (tertiary/aromatic N) is 1. The number of fused-ring (bicyclic) bond motifs is 1. The van der Waals surface area contributed by atoms with Crippen molar-refractivity contribution in [3.05, 3.63) is 54.7 Å². The summed E-state index contributed by atoms with van der Waals surface area (Å²) in [7, 11) is 0. The standard InChI is InChI=1S/C24H23Cl2F3N2O3S/c25-14-8-13(9-15(26)10-14)23(24(27,28)29)11-19(31-34-23)20-17-5-1-2-6-18(17)21(35-20)22(32)30-12-16-4-3-7-33-16/h8-10,16H,1-7,11-12H2,(H,30,32). The quantitative estimate of drug-likeness (QED) is 0.470. The average Bonchev–Trinajstić information content (AvgIpc) is 3.55. The SMILES string of the molecule is O=C(NCC1CCCO1)c1sc(C2=NOC(c3cc(Cl)cc(Cl)c3)(C(F)(F)F)C2)c2c1CCCC2. The zero-order valence-corrected chi connectivity index (χ0v) is 21.0. The van der Waals surface area contributed by atoms with Crippen LogP contribution < -0.4 is 5.32 Å². The van der Waals surface area contributed by atoms with Crippen molar-refractivity contribution in [3.63, 3.8) is 0 Å². The molecule has 35 heavy (non-hydrogen) atoms. The Kier molecular flexibility index (Phi) is 6.80. The number of amides is 1. The topological polar surface area (TPSA) is 59.9 Å². The van der Waals surface area contributed by atoms with Crippen LogP contribution in [-0.2, 0) is 28.0 Å². The molecule has 2 unspecified atom stereocenters. The number of rotatable bonds is 5. The molecule has 1 aromatic heterocycles. The fraction of sp³-hybridized carbons (Fsp3) is 0.500. The van der Waals surface area contributed by atoms with Crippen molar-refractivity contribution in [1.29, 1.82) is 0 Å². The van der Waals surface area contributed by atoms with Gasteiger partial charge in [0.15, 0.2) is 0 Å². The predicted octanol–water partition coefficient (Wildman–Crippen LogP) is 6.42.